The molecule has 0 heterocycles. The van der Waals surface area contributed by atoms with Gasteiger partial charge in [-0.2, -0.15) is 0 Å². The van der Waals surface area contributed by atoms with Crippen LogP contribution < -0.4 is 5.73 Å². The number of rotatable bonds is 2. The van der Waals surface area contributed by atoms with Crippen molar-refractivity contribution in [1.82, 2.24) is 0 Å². The molecule has 0 fully saturated rings. The molecule has 0 aromatic rings. The molecule has 9 heavy (non-hydrogen) atoms. The lowest BCUT2D eigenvalue weighted by Crippen LogP contribution is -2.49. The minimum absolute atomic E-state index is 0.135. The van der Waals surface area contributed by atoms with Crippen LogP contribution in [0.2, 0.25) is 0 Å². The van der Waals surface area contributed by atoms with Gasteiger partial charge in [-0.05, 0) is 13.8 Å². The molecule has 0 radical (unpaired) electrons. The van der Waals surface area contributed by atoms with Gasteiger partial charge in [0.1, 0.15) is 0 Å². The van der Waals surface area contributed by atoms with Gasteiger partial charge in [-0.25, -0.2) is 0 Å². The highest BCUT2D eigenvalue weighted by atomic mass is 16.3. The van der Waals surface area contributed by atoms with Gasteiger partial charge in [0.05, 0.1) is 0 Å². The summed E-state index contributed by atoms with van der Waals surface area (Å²) in [6.07, 6.45) is 0. The zero-order valence-electron chi connectivity index (χ0n) is 6.73. The molecule has 0 rings (SSSR count). The van der Waals surface area contributed by atoms with Crippen LogP contribution in [0.5, 0.6) is 0 Å². The van der Waals surface area contributed by atoms with Crippen molar-refractivity contribution in [2.75, 3.05) is 6.61 Å². The maximum absolute atomic E-state index is 8.85. The Morgan fingerprint density at radius 3 is 1.56 bits per heavy atom. The Labute approximate surface area is 57.1 Å². The van der Waals surface area contributed by atoms with E-state index >= 15 is 0 Å². The van der Waals surface area contributed by atoms with Crippen molar-refractivity contribution in [3.05, 3.63) is 0 Å². The van der Waals surface area contributed by atoms with Crippen LogP contribution in [-0.2, 0) is 0 Å². The van der Waals surface area contributed by atoms with Crippen LogP contribution in [0, 0.1) is 5.41 Å². The highest BCUT2D eigenvalue weighted by Crippen LogP contribution is 2.26. The van der Waals surface area contributed by atoms with Crippen molar-refractivity contribution in [3.8, 4) is 0 Å². The fourth-order valence-electron chi connectivity index (χ4n) is 0.204. The van der Waals surface area contributed by atoms with E-state index in [9.17, 15) is 0 Å². The lowest BCUT2D eigenvalue weighted by molar-refractivity contribution is 0.0924. The summed E-state index contributed by atoms with van der Waals surface area (Å²) in [6, 6.07) is 0. The van der Waals surface area contributed by atoms with E-state index in [-0.39, 0.29) is 17.6 Å². The third-order valence-corrected chi connectivity index (χ3v) is 2.14. The average Bonchev–Trinajstić information content (AvgIpc) is 1.64. The van der Waals surface area contributed by atoms with Gasteiger partial charge < -0.3 is 10.8 Å². The van der Waals surface area contributed by atoms with Crippen LogP contribution >= 0.6 is 0 Å². The number of aliphatic hydroxyl groups excluding tert-OH is 1. The second-order valence-electron chi connectivity index (χ2n) is 3.76. The molecule has 3 N–H and O–H groups in total. The molecule has 0 atom stereocenters. The van der Waals surface area contributed by atoms with Crippen LogP contribution in [0.3, 0.4) is 0 Å². The molecular weight excluding hydrogens is 114 g/mol. The number of nitrogens with two attached hydrogens (primary N) is 1. The van der Waals surface area contributed by atoms with Gasteiger partial charge in [-0.1, -0.05) is 13.8 Å². The smallest absolute Gasteiger partial charge is 0.0499 e. The molecule has 0 bridgehead atoms. The summed E-state index contributed by atoms with van der Waals surface area (Å²) >= 11 is 0. The van der Waals surface area contributed by atoms with Gasteiger partial charge in [0, 0.05) is 17.6 Å². The fourth-order valence-corrected chi connectivity index (χ4v) is 0.204. The number of hydrogen-bond acceptors (Lipinski definition) is 2. The zero-order chi connectivity index (χ0) is 7.71. The Hall–Kier alpha value is -0.0800. The summed E-state index contributed by atoms with van der Waals surface area (Å²) in [5.74, 6) is 0. The summed E-state index contributed by atoms with van der Waals surface area (Å²) in [4.78, 5) is 0. The summed E-state index contributed by atoms with van der Waals surface area (Å²) in [6.45, 7) is 7.88. The molecule has 0 aliphatic carbocycles. The highest BCUT2D eigenvalue weighted by molar-refractivity contribution is 4.89. The molecule has 2 nitrogen and oxygen atoms in total. The molecule has 0 aliphatic rings. The second-order valence-corrected chi connectivity index (χ2v) is 3.76. The normalized spacial score (nSPS) is 14.0. The average molecular weight is 131 g/mol. The molecule has 0 saturated carbocycles. The summed E-state index contributed by atoms with van der Waals surface area (Å²) in [5.41, 5.74) is 5.27. The van der Waals surface area contributed by atoms with Crippen LogP contribution in [0.15, 0.2) is 0 Å². The number of hydrogen-bond donors (Lipinski definition) is 2. The first-order valence-corrected chi connectivity index (χ1v) is 3.21. The summed E-state index contributed by atoms with van der Waals surface area (Å²) in [7, 11) is 0. The van der Waals surface area contributed by atoms with E-state index in [1.54, 1.807) is 0 Å². The van der Waals surface area contributed by atoms with Crippen LogP contribution in [0.4, 0.5) is 0 Å². The van der Waals surface area contributed by atoms with Crippen molar-refractivity contribution in [1.29, 1.82) is 0 Å². The van der Waals surface area contributed by atoms with E-state index in [0.717, 1.165) is 0 Å². The molecule has 56 valence electrons. The third-order valence-electron chi connectivity index (χ3n) is 2.14. The highest BCUT2D eigenvalue weighted by Gasteiger charge is 2.32. The van der Waals surface area contributed by atoms with E-state index in [2.05, 4.69) is 0 Å². The quantitative estimate of drug-likeness (QED) is 0.580. The van der Waals surface area contributed by atoms with E-state index in [0.29, 0.717) is 0 Å². The molecule has 0 aromatic carbocycles. The van der Waals surface area contributed by atoms with Gasteiger partial charge >= 0.3 is 0 Å². The lowest BCUT2D eigenvalue weighted by Gasteiger charge is -2.36. The molecule has 0 spiro atoms. The first-order valence-electron chi connectivity index (χ1n) is 3.21. The van der Waals surface area contributed by atoms with Crippen molar-refractivity contribution in [2.45, 2.75) is 33.2 Å². The largest absolute Gasteiger partial charge is 0.396 e. The van der Waals surface area contributed by atoms with Gasteiger partial charge in [0.25, 0.3) is 0 Å². The van der Waals surface area contributed by atoms with Crippen molar-refractivity contribution < 1.29 is 5.11 Å². The maximum Gasteiger partial charge on any atom is 0.0499 e. The van der Waals surface area contributed by atoms with Crippen molar-refractivity contribution in [3.63, 3.8) is 0 Å². The molecule has 0 amide bonds. The van der Waals surface area contributed by atoms with Gasteiger partial charge in [-0.3, -0.25) is 0 Å². The molecular formula is C7H17NO. The summed E-state index contributed by atoms with van der Waals surface area (Å²) in [5, 5.41) is 8.85. The van der Waals surface area contributed by atoms with Gasteiger partial charge in [-0.15, -0.1) is 0 Å². The van der Waals surface area contributed by atoms with Crippen molar-refractivity contribution in [2.24, 2.45) is 11.1 Å². The first-order chi connectivity index (χ1) is 3.81. The number of aliphatic hydroxyl groups is 1. The molecule has 0 aliphatic heterocycles. The topological polar surface area (TPSA) is 46.2 Å². The van der Waals surface area contributed by atoms with Crippen LogP contribution in [-0.4, -0.2) is 17.3 Å². The monoisotopic (exact) mass is 131 g/mol. The van der Waals surface area contributed by atoms with E-state index in [1.807, 2.05) is 27.7 Å². The van der Waals surface area contributed by atoms with Crippen LogP contribution in [0.25, 0.3) is 0 Å². The Bertz CT molecular complexity index is 91.6. The fraction of sp³-hybridized carbons (Fsp3) is 1.00. The molecule has 0 unspecified atom stereocenters. The maximum atomic E-state index is 8.85. The van der Waals surface area contributed by atoms with Gasteiger partial charge in [0.15, 0.2) is 0 Å². The Morgan fingerprint density at radius 2 is 1.56 bits per heavy atom. The van der Waals surface area contributed by atoms with Gasteiger partial charge in [0.2, 0.25) is 0 Å². The Kier molecular flexibility index (Phi) is 2.25. The SMILES string of the molecule is CC(C)(N)C(C)(C)CO. The standard InChI is InChI=1S/C7H17NO/c1-6(2,5-9)7(3,4)8/h9H,5,8H2,1-4H3. The first kappa shape index (κ1) is 8.92. The molecule has 0 saturated heterocycles. The lowest BCUT2D eigenvalue weighted by atomic mass is 9.76. The predicted octanol–water partition coefficient (Wildman–Crippen LogP) is 0.742. The van der Waals surface area contributed by atoms with Crippen molar-refractivity contribution >= 4 is 0 Å². The Balaban J connectivity index is 4.14. The third kappa shape index (κ3) is 1.95. The van der Waals surface area contributed by atoms with E-state index < -0.39 is 0 Å². The predicted molar refractivity (Wildman–Crippen MR) is 39.1 cm³/mol. The van der Waals surface area contributed by atoms with E-state index in [4.69, 9.17) is 10.8 Å². The Morgan fingerprint density at radius 1 is 1.22 bits per heavy atom. The molecule has 0 aromatic heterocycles. The zero-order valence-corrected chi connectivity index (χ0v) is 6.73. The minimum Gasteiger partial charge on any atom is -0.396 e. The minimum atomic E-state index is -0.304. The van der Waals surface area contributed by atoms with E-state index in [1.165, 1.54) is 0 Å². The second kappa shape index (κ2) is 2.27. The van der Waals surface area contributed by atoms with Crippen LogP contribution in [0.1, 0.15) is 27.7 Å². The summed E-state index contributed by atoms with van der Waals surface area (Å²) < 4.78 is 0. The molecule has 2 heteroatoms.